The third-order valence-corrected chi connectivity index (χ3v) is 2.70. The zero-order valence-electron chi connectivity index (χ0n) is 10.4. The summed E-state index contributed by atoms with van der Waals surface area (Å²) in [4.78, 5) is 0. The molecule has 1 aromatic carbocycles. The maximum absolute atomic E-state index is 13.1. The third kappa shape index (κ3) is 3.73. The van der Waals surface area contributed by atoms with Crippen LogP contribution >= 0.6 is 0 Å². The molecule has 0 amide bonds. The number of ether oxygens (including phenoxy) is 1. The summed E-state index contributed by atoms with van der Waals surface area (Å²) in [5.74, 6) is 0.455. The molecule has 0 fully saturated rings. The number of hydrogen-bond acceptors (Lipinski definition) is 3. The fourth-order valence-electron chi connectivity index (χ4n) is 1.32. The fourth-order valence-corrected chi connectivity index (χ4v) is 1.32. The summed E-state index contributed by atoms with van der Waals surface area (Å²) in [6.45, 7) is 6.29. The molecule has 1 unspecified atom stereocenters. The van der Waals surface area contributed by atoms with Crippen LogP contribution in [0, 0.1) is 11.7 Å². The molecule has 1 aromatic rings. The van der Waals surface area contributed by atoms with Gasteiger partial charge in [0.15, 0.2) is 0 Å². The quantitative estimate of drug-likeness (QED) is 0.486. The van der Waals surface area contributed by atoms with Crippen LogP contribution in [-0.4, -0.2) is 17.5 Å². The average Bonchev–Trinajstić information content (AvgIpc) is 2.35. The van der Waals surface area contributed by atoms with Gasteiger partial charge < -0.3 is 9.94 Å². The van der Waals surface area contributed by atoms with Crippen LogP contribution < -0.4 is 4.74 Å². The lowest BCUT2D eigenvalue weighted by molar-refractivity contribution is 0.255. The molecule has 0 saturated carbocycles. The smallest absolute Gasteiger partial charge is 0.131 e. The minimum atomic E-state index is -0.362. The second-order valence-corrected chi connectivity index (χ2v) is 4.15. The Morgan fingerprint density at radius 1 is 1.53 bits per heavy atom. The Morgan fingerprint density at radius 2 is 2.24 bits per heavy atom. The summed E-state index contributed by atoms with van der Waals surface area (Å²) in [6, 6.07) is 4.18. The van der Waals surface area contributed by atoms with Crippen LogP contribution in [0.4, 0.5) is 4.39 Å². The van der Waals surface area contributed by atoms with Crippen molar-refractivity contribution in [1.82, 2.24) is 0 Å². The highest BCUT2D eigenvalue weighted by atomic mass is 19.1. The molecule has 1 rings (SSSR count). The molecule has 0 aromatic heterocycles. The zero-order valence-corrected chi connectivity index (χ0v) is 10.4. The van der Waals surface area contributed by atoms with Gasteiger partial charge in [0.1, 0.15) is 11.6 Å². The van der Waals surface area contributed by atoms with Gasteiger partial charge in [-0.3, -0.25) is 0 Å². The zero-order chi connectivity index (χ0) is 12.8. The van der Waals surface area contributed by atoms with Crippen molar-refractivity contribution in [3.05, 3.63) is 29.6 Å². The summed E-state index contributed by atoms with van der Waals surface area (Å²) in [5, 5.41) is 11.9. The lowest BCUT2D eigenvalue weighted by Crippen LogP contribution is -2.10. The van der Waals surface area contributed by atoms with Gasteiger partial charge in [-0.1, -0.05) is 25.4 Å². The van der Waals surface area contributed by atoms with E-state index in [4.69, 9.17) is 9.94 Å². The SMILES string of the molecule is CCC(C)COc1cc(F)ccc1/C(C)=N/O. The molecule has 0 radical (unpaired) electrons. The van der Waals surface area contributed by atoms with Gasteiger partial charge >= 0.3 is 0 Å². The summed E-state index contributed by atoms with van der Waals surface area (Å²) in [6.07, 6.45) is 0.998. The van der Waals surface area contributed by atoms with Gasteiger partial charge in [0, 0.05) is 11.6 Å². The molecule has 0 aliphatic carbocycles. The molecule has 4 heteroatoms. The molecule has 0 saturated heterocycles. The number of hydrogen-bond donors (Lipinski definition) is 1. The fraction of sp³-hybridized carbons (Fsp3) is 0.462. The maximum Gasteiger partial charge on any atom is 0.131 e. The van der Waals surface area contributed by atoms with Gasteiger partial charge in [-0.05, 0) is 25.0 Å². The molecule has 0 aliphatic rings. The minimum absolute atomic E-state index is 0.362. The Hall–Kier alpha value is -1.58. The lowest BCUT2D eigenvalue weighted by atomic mass is 10.1. The summed E-state index contributed by atoms with van der Waals surface area (Å²) >= 11 is 0. The molecular formula is C13H18FNO2. The lowest BCUT2D eigenvalue weighted by Gasteiger charge is -2.14. The van der Waals surface area contributed by atoms with Crippen LogP contribution in [0.3, 0.4) is 0 Å². The van der Waals surface area contributed by atoms with Gasteiger partial charge in [-0.2, -0.15) is 0 Å². The summed E-state index contributed by atoms with van der Waals surface area (Å²) < 4.78 is 18.7. The summed E-state index contributed by atoms with van der Waals surface area (Å²) in [5.41, 5.74) is 1.02. The van der Waals surface area contributed by atoms with Crippen LogP contribution in [0.15, 0.2) is 23.4 Å². The molecule has 0 spiro atoms. The molecular weight excluding hydrogens is 221 g/mol. The molecule has 94 valence electrons. The van der Waals surface area contributed by atoms with E-state index in [1.165, 1.54) is 12.1 Å². The number of benzene rings is 1. The Morgan fingerprint density at radius 3 is 2.82 bits per heavy atom. The second kappa shape index (κ2) is 6.23. The molecule has 0 heterocycles. The molecule has 3 nitrogen and oxygen atoms in total. The van der Waals surface area contributed by atoms with Gasteiger partial charge in [-0.15, -0.1) is 0 Å². The van der Waals surface area contributed by atoms with Crippen LogP contribution in [0.1, 0.15) is 32.8 Å². The first-order valence-electron chi connectivity index (χ1n) is 5.69. The summed E-state index contributed by atoms with van der Waals surface area (Å²) in [7, 11) is 0. The van der Waals surface area contributed by atoms with Crippen molar-refractivity contribution in [1.29, 1.82) is 0 Å². The molecule has 0 bridgehead atoms. The van der Waals surface area contributed by atoms with Crippen LogP contribution in [0.2, 0.25) is 0 Å². The van der Waals surface area contributed by atoms with Crippen molar-refractivity contribution in [3.8, 4) is 5.75 Å². The van der Waals surface area contributed by atoms with E-state index in [9.17, 15) is 4.39 Å². The predicted octanol–water partition coefficient (Wildman–Crippen LogP) is 3.45. The largest absolute Gasteiger partial charge is 0.493 e. The van der Waals surface area contributed by atoms with Crippen LogP contribution in [-0.2, 0) is 0 Å². The van der Waals surface area contributed by atoms with Crippen LogP contribution in [0.5, 0.6) is 5.75 Å². The Kier molecular flexibility index (Phi) is 4.94. The molecule has 17 heavy (non-hydrogen) atoms. The van der Waals surface area contributed by atoms with Gasteiger partial charge in [0.25, 0.3) is 0 Å². The first-order chi connectivity index (χ1) is 8.08. The van der Waals surface area contributed by atoms with E-state index in [-0.39, 0.29) is 5.82 Å². The highest BCUT2D eigenvalue weighted by molar-refractivity contribution is 6.00. The normalized spacial score (nSPS) is 13.5. The van der Waals surface area contributed by atoms with E-state index in [2.05, 4.69) is 19.0 Å². The van der Waals surface area contributed by atoms with E-state index in [1.807, 2.05) is 0 Å². The average molecular weight is 239 g/mol. The number of halogens is 1. The van der Waals surface area contributed by atoms with Crippen molar-refractivity contribution in [3.63, 3.8) is 0 Å². The van der Waals surface area contributed by atoms with Crippen molar-refractivity contribution < 1.29 is 14.3 Å². The predicted molar refractivity (Wildman–Crippen MR) is 65.3 cm³/mol. The van der Waals surface area contributed by atoms with E-state index >= 15 is 0 Å². The van der Waals surface area contributed by atoms with Gasteiger partial charge in [0.2, 0.25) is 0 Å². The van der Waals surface area contributed by atoms with Gasteiger partial charge in [-0.25, -0.2) is 4.39 Å². The minimum Gasteiger partial charge on any atom is -0.493 e. The first kappa shape index (κ1) is 13.5. The monoisotopic (exact) mass is 239 g/mol. The van der Waals surface area contributed by atoms with Crippen LogP contribution in [0.25, 0.3) is 0 Å². The second-order valence-electron chi connectivity index (χ2n) is 4.15. The van der Waals surface area contributed by atoms with Crippen molar-refractivity contribution in [2.45, 2.75) is 27.2 Å². The Labute approximate surface area is 101 Å². The van der Waals surface area contributed by atoms with E-state index in [0.29, 0.717) is 29.5 Å². The Balaban J connectivity index is 2.91. The van der Waals surface area contributed by atoms with Gasteiger partial charge in [0.05, 0.1) is 12.3 Å². The maximum atomic E-state index is 13.1. The first-order valence-corrected chi connectivity index (χ1v) is 5.69. The van der Waals surface area contributed by atoms with Crippen molar-refractivity contribution in [2.24, 2.45) is 11.1 Å². The third-order valence-electron chi connectivity index (χ3n) is 2.70. The van der Waals surface area contributed by atoms with E-state index in [0.717, 1.165) is 6.42 Å². The molecule has 0 aliphatic heterocycles. The number of nitrogens with zero attached hydrogens (tertiary/aromatic N) is 1. The number of oxime groups is 1. The number of rotatable bonds is 5. The van der Waals surface area contributed by atoms with E-state index in [1.54, 1.807) is 13.0 Å². The van der Waals surface area contributed by atoms with E-state index < -0.39 is 0 Å². The van der Waals surface area contributed by atoms with Crippen molar-refractivity contribution in [2.75, 3.05) is 6.61 Å². The molecule has 1 N–H and O–H groups in total. The topological polar surface area (TPSA) is 41.8 Å². The molecule has 1 atom stereocenters. The highest BCUT2D eigenvalue weighted by Gasteiger charge is 2.10. The highest BCUT2D eigenvalue weighted by Crippen LogP contribution is 2.21. The van der Waals surface area contributed by atoms with Crippen molar-refractivity contribution >= 4 is 5.71 Å². The standard InChI is InChI=1S/C13H18FNO2/c1-4-9(2)8-17-13-7-11(14)5-6-12(13)10(3)15-16/h5-7,9,16H,4,8H2,1-3H3/b15-10+. The Bertz CT molecular complexity index is 404.